The minimum Gasteiger partial charge on any atom is -0.399 e. The van der Waals surface area contributed by atoms with Gasteiger partial charge in [0.05, 0.1) is 5.56 Å². The van der Waals surface area contributed by atoms with Gasteiger partial charge in [-0.15, -0.1) is 0 Å². The van der Waals surface area contributed by atoms with Gasteiger partial charge in [-0.2, -0.15) is 13.2 Å². The van der Waals surface area contributed by atoms with Crippen molar-refractivity contribution in [1.29, 1.82) is 0 Å². The summed E-state index contributed by atoms with van der Waals surface area (Å²) in [4.78, 5) is 0. The highest BCUT2D eigenvalue weighted by Gasteiger charge is 2.31. The normalized spacial score (nSPS) is 11.6. The van der Waals surface area contributed by atoms with Crippen molar-refractivity contribution in [2.75, 3.05) is 5.73 Å². The summed E-state index contributed by atoms with van der Waals surface area (Å²) in [5.41, 5.74) is 5.50. The Balaban J connectivity index is 2.48. The van der Waals surface area contributed by atoms with Crippen molar-refractivity contribution in [2.24, 2.45) is 0 Å². The number of rotatable bonds is 1. The molecule has 0 bridgehead atoms. The van der Waals surface area contributed by atoms with Crippen molar-refractivity contribution < 1.29 is 17.6 Å². The molecule has 0 radical (unpaired) electrons. The topological polar surface area (TPSA) is 26.0 Å². The molecule has 0 spiro atoms. The third-order valence-corrected chi connectivity index (χ3v) is 2.49. The van der Waals surface area contributed by atoms with Gasteiger partial charge in [-0.3, -0.25) is 0 Å². The van der Waals surface area contributed by atoms with Crippen molar-refractivity contribution in [1.82, 2.24) is 0 Å². The molecule has 0 atom stereocenters. The van der Waals surface area contributed by atoms with Gasteiger partial charge in [0, 0.05) is 11.3 Å². The lowest BCUT2D eigenvalue weighted by Crippen LogP contribution is -2.05. The maximum absolute atomic E-state index is 13.7. The zero-order chi connectivity index (χ0) is 13.3. The third-order valence-electron chi connectivity index (χ3n) is 2.49. The smallest absolute Gasteiger partial charge is 0.399 e. The maximum atomic E-state index is 13.7. The molecule has 0 saturated carbocycles. The number of nitrogens with two attached hydrogens (primary N) is 1. The SMILES string of the molecule is Nc1cccc(-c2ccc(C(F)(F)F)cc2F)c1. The first kappa shape index (κ1) is 12.4. The molecule has 0 aliphatic rings. The van der Waals surface area contributed by atoms with Crippen LogP contribution in [0, 0.1) is 5.82 Å². The van der Waals surface area contributed by atoms with Crippen LogP contribution >= 0.6 is 0 Å². The summed E-state index contributed by atoms with van der Waals surface area (Å²) >= 11 is 0. The Kier molecular flexibility index (Phi) is 2.98. The molecule has 0 aliphatic heterocycles. The van der Waals surface area contributed by atoms with Crippen LogP contribution in [0.4, 0.5) is 23.2 Å². The lowest BCUT2D eigenvalue weighted by Gasteiger charge is -2.09. The van der Waals surface area contributed by atoms with Gasteiger partial charge in [0.2, 0.25) is 0 Å². The van der Waals surface area contributed by atoms with Gasteiger partial charge in [-0.1, -0.05) is 18.2 Å². The summed E-state index contributed by atoms with van der Waals surface area (Å²) in [5, 5.41) is 0. The summed E-state index contributed by atoms with van der Waals surface area (Å²) in [5.74, 6) is -0.921. The first-order chi connectivity index (χ1) is 8.38. The van der Waals surface area contributed by atoms with E-state index in [9.17, 15) is 17.6 Å². The van der Waals surface area contributed by atoms with E-state index in [-0.39, 0.29) is 5.56 Å². The average molecular weight is 255 g/mol. The van der Waals surface area contributed by atoms with E-state index in [1.165, 1.54) is 6.07 Å². The van der Waals surface area contributed by atoms with Crippen molar-refractivity contribution in [3.63, 3.8) is 0 Å². The Hall–Kier alpha value is -2.04. The second-order valence-electron chi connectivity index (χ2n) is 3.82. The highest BCUT2D eigenvalue weighted by atomic mass is 19.4. The predicted octanol–water partition coefficient (Wildman–Crippen LogP) is 4.09. The minimum absolute atomic E-state index is 0.0929. The molecule has 2 aromatic carbocycles. The second kappa shape index (κ2) is 4.33. The van der Waals surface area contributed by atoms with Gasteiger partial charge in [0.1, 0.15) is 5.82 Å². The molecule has 0 unspecified atom stereocenters. The Morgan fingerprint density at radius 2 is 1.67 bits per heavy atom. The Morgan fingerprint density at radius 1 is 0.944 bits per heavy atom. The number of alkyl halides is 3. The molecular weight excluding hydrogens is 246 g/mol. The van der Waals surface area contributed by atoms with E-state index < -0.39 is 17.6 Å². The van der Waals surface area contributed by atoms with E-state index in [1.54, 1.807) is 18.2 Å². The molecule has 94 valence electrons. The number of hydrogen-bond donors (Lipinski definition) is 1. The van der Waals surface area contributed by atoms with Gasteiger partial charge in [-0.05, 0) is 29.8 Å². The third kappa shape index (κ3) is 2.45. The number of anilines is 1. The molecule has 5 heteroatoms. The van der Waals surface area contributed by atoms with Crippen LogP contribution in [0.15, 0.2) is 42.5 Å². The Morgan fingerprint density at radius 3 is 2.22 bits per heavy atom. The first-order valence-electron chi connectivity index (χ1n) is 5.10. The second-order valence-corrected chi connectivity index (χ2v) is 3.82. The zero-order valence-electron chi connectivity index (χ0n) is 9.13. The monoisotopic (exact) mass is 255 g/mol. The van der Waals surface area contributed by atoms with Crippen LogP contribution in [0.25, 0.3) is 11.1 Å². The largest absolute Gasteiger partial charge is 0.416 e. The molecule has 2 N–H and O–H groups in total. The highest BCUT2D eigenvalue weighted by Crippen LogP contribution is 2.33. The fourth-order valence-corrected chi connectivity index (χ4v) is 1.63. The van der Waals surface area contributed by atoms with Crippen LogP contribution in [0.5, 0.6) is 0 Å². The van der Waals surface area contributed by atoms with Crippen LogP contribution < -0.4 is 5.73 Å². The first-order valence-corrected chi connectivity index (χ1v) is 5.10. The van der Waals surface area contributed by atoms with Crippen molar-refractivity contribution in [2.45, 2.75) is 6.18 Å². The van der Waals surface area contributed by atoms with Gasteiger partial charge >= 0.3 is 6.18 Å². The van der Waals surface area contributed by atoms with Crippen LogP contribution in [-0.4, -0.2) is 0 Å². The molecule has 2 rings (SSSR count). The molecule has 0 heterocycles. The summed E-state index contributed by atoms with van der Waals surface area (Å²) in [6.07, 6.45) is -4.55. The number of nitrogen functional groups attached to an aromatic ring is 1. The minimum atomic E-state index is -4.55. The van der Waals surface area contributed by atoms with Crippen LogP contribution in [0.1, 0.15) is 5.56 Å². The molecule has 18 heavy (non-hydrogen) atoms. The molecule has 1 nitrogen and oxygen atoms in total. The fourth-order valence-electron chi connectivity index (χ4n) is 1.63. The zero-order valence-corrected chi connectivity index (χ0v) is 9.13. The van der Waals surface area contributed by atoms with Gasteiger partial charge < -0.3 is 5.73 Å². The summed E-state index contributed by atoms with van der Waals surface area (Å²) < 4.78 is 50.8. The lowest BCUT2D eigenvalue weighted by atomic mass is 10.0. The number of halogens is 4. The maximum Gasteiger partial charge on any atom is 0.416 e. The average Bonchev–Trinajstić information content (AvgIpc) is 2.27. The Labute approximate surface area is 101 Å². The molecule has 0 aliphatic carbocycles. The number of hydrogen-bond acceptors (Lipinski definition) is 1. The van der Waals surface area contributed by atoms with Gasteiger partial charge in [0.25, 0.3) is 0 Å². The highest BCUT2D eigenvalue weighted by molar-refractivity contribution is 5.68. The predicted molar refractivity (Wildman–Crippen MR) is 61.3 cm³/mol. The molecular formula is C13H9F4N. The van der Waals surface area contributed by atoms with E-state index in [0.717, 1.165) is 12.1 Å². The van der Waals surface area contributed by atoms with Gasteiger partial charge in [-0.25, -0.2) is 4.39 Å². The van der Waals surface area contributed by atoms with Gasteiger partial charge in [0.15, 0.2) is 0 Å². The summed E-state index contributed by atoms with van der Waals surface area (Å²) in [6.45, 7) is 0. The standard InChI is InChI=1S/C13H9F4N/c14-12-7-9(13(15,16)17)4-5-11(12)8-2-1-3-10(18)6-8/h1-7H,18H2. The van der Waals surface area contributed by atoms with E-state index in [1.807, 2.05) is 0 Å². The molecule has 2 aromatic rings. The van der Waals surface area contributed by atoms with Crippen molar-refractivity contribution in [3.8, 4) is 11.1 Å². The van der Waals surface area contributed by atoms with E-state index >= 15 is 0 Å². The fraction of sp³-hybridized carbons (Fsp3) is 0.0769. The number of benzene rings is 2. The molecule has 0 saturated heterocycles. The Bertz CT molecular complexity index is 575. The van der Waals surface area contributed by atoms with Crippen molar-refractivity contribution in [3.05, 3.63) is 53.8 Å². The van der Waals surface area contributed by atoms with E-state index in [0.29, 0.717) is 17.3 Å². The molecule has 0 amide bonds. The molecule has 0 aromatic heterocycles. The summed E-state index contributed by atoms with van der Waals surface area (Å²) in [7, 11) is 0. The van der Waals surface area contributed by atoms with Crippen molar-refractivity contribution >= 4 is 5.69 Å². The van der Waals surface area contributed by atoms with E-state index in [4.69, 9.17) is 5.73 Å². The summed E-state index contributed by atoms with van der Waals surface area (Å²) in [6, 6.07) is 8.76. The van der Waals surface area contributed by atoms with E-state index in [2.05, 4.69) is 0 Å². The van der Waals surface area contributed by atoms with Crippen LogP contribution in [0.2, 0.25) is 0 Å². The molecule has 0 fully saturated rings. The quantitative estimate of drug-likeness (QED) is 0.602. The van der Waals surface area contributed by atoms with Crippen LogP contribution in [-0.2, 0) is 6.18 Å². The van der Waals surface area contributed by atoms with Crippen LogP contribution in [0.3, 0.4) is 0 Å². The lowest BCUT2D eigenvalue weighted by molar-refractivity contribution is -0.137.